The van der Waals surface area contributed by atoms with Gasteiger partial charge in [0.15, 0.2) is 0 Å². The molecule has 25 heavy (non-hydrogen) atoms. The first-order chi connectivity index (χ1) is 12.1. The Kier molecular flexibility index (Phi) is 5.53. The lowest BCUT2D eigenvalue weighted by molar-refractivity contribution is 0.102. The maximum absolute atomic E-state index is 12.1. The minimum absolute atomic E-state index is 0.213. The van der Waals surface area contributed by atoms with E-state index in [1.165, 1.54) is 0 Å². The predicted octanol–water partition coefficient (Wildman–Crippen LogP) is 5.25. The van der Waals surface area contributed by atoms with Gasteiger partial charge in [-0.3, -0.25) is 4.79 Å². The number of nitrogens with one attached hydrogen (secondary N) is 2. The molecule has 4 nitrogen and oxygen atoms in total. The van der Waals surface area contributed by atoms with Crippen molar-refractivity contribution in [1.82, 2.24) is 4.98 Å². The molecule has 2 N–H and O–H groups in total. The van der Waals surface area contributed by atoms with Crippen molar-refractivity contribution in [3.63, 3.8) is 0 Å². The molecule has 6 heteroatoms. The molecule has 1 amide bonds. The minimum atomic E-state index is -0.213. The summed E-state index contributed by atoms with van der Waals surface area (Å²) in [6.45, 7) is 0.573. The quantitative estimate of drug-likeness (QED) is 0.643. The summed E-state index contributed by atoms with van der Waals surface area (Å²) in [6.07, 6.45) is 1.60. The van der Waals surface area contributed by atoms with Gasteiger partial charge >= 0.3 is 0 Å². The van der Waals surface area contributed by atoms with Crippen LogP contribution < -0.4 is 10.6 Å². The summed E-state index contributed by atoms with van der Waals surface area (Å²) < 4.78 is 0. The highest BCUT2D eigenvalue weighted by molar-refractivity contribution is 6.31. The first-order valence-electron chi connectivity index (χ1n) is 7.62. The lowest BCUT2D eigenvalue weighted by atomic mass is 10.2. The highest BCUT2D eigenvalue weighted by Gasteiger charge is 2.06. The first kappa shape index (κ1) is 17.3. The number of benzene rings is 2. The smallest absolute Gasteiger partial charge is 0.255 e. The average Bonchev–Trinajstić information content (AvgIpc) is 2.63. The summed E-state index contributed by atoms with van der Waals surface area (Å²) in [7, 11) is 0. The molecule has 0 atom stereocenters. The molecule has 2 aromatic carbocycles. The maximum atomic E-state index is 12.1. The van der Waals surface area contributed by atoms with E-state index in [1.54, 1.807) is 42.6 Å². The lowest BCUT2D eigenvalue weighted by Gasteiger charge is -2.09. The standard InChI is InChI=1S/C19H15Cl2N3O/c20-15-7-5-13(6-8-15)19(25)24-16-9-10-18(23-12-16)22-11-14-3-1-2-4-17(14)21/h1-10,12H,11H2,(H,22,23)(H,24,25). The number of hydrogen-bond acceptors (Lipinski definition) is 3. The number of carbonyl (C=O) groups excluding carboxylic acids is 1. The van der Waals surface area contributed by atoms with Gasteiger partial charge in [-0.1, -0.05) is 41.4 Å². The van der Waals surface area contributed by atoms with Gasteiger partial charge in [-0.2, -0.15) is 0 Å². The molecule has 126 valence electrons. The van der Waals surface area contributed by atoms with Gasteiger partial charge in [0, 0.05) is 22.2 Å². The molecule has 0 unspecified atom stereocenters. The second-order valence-electron chi connectivity index (χ2n) is 5.34. The Balaban J connectivity index is 1.59. The molecule has 0 saturated heterocycles. The number of pyridine rings is 1. The number of anilines is 2. The minimum Gasteiger partial charge on any atom is -0.366 e. The zero-order valence-electron chi connectivity index (χ0n) is 13.2. The zero-order valence-corrected chi connectivity index (χ0v) is 14.7. The van der Waals surface area contributed by atoms with Gasteiger partial charge < -0.3 is 10.6 Å². The predicted molar refractivity (Wildman–Crippen MR) is 102 cm³/mol. The van der Waals surface area contributed by atoms with E-state index in [0.29, 0.717) is 33.7 Å². The second kappa shape index (κ2) is 8.01. The average molecular weight is 372 g/mol. The number of halogens is 2. The first-order valence-corrected chi connectivity index (χ1v) is 8.38. The molecule has 1 heterocycles. The Hall–Kier alpha value is -2.56. The van der Waals surface area contributed by atoms with Crippen LogP contribution in [0.15, 0.2) is 66.9 Å². The summed E-state index contributed by atoms with van der Waals surface area (Å²) in [5.41, 5.74) is 2.14. The van der Waals surface area contributed by atoms with Crippen molar-refractivity contribution in [3.05, 3.63) is 88.0 Å². The Labute approximate surface area is 155 Å². The van der Waals surface area contributed by atoms with Gasteiger partial charge in [0.2, 0.25) is 0 Å². The molecule has 0 aliphatic carbocycles. The molecule has 0 aliphatic heterocycles. The molecule has 0 saturated carbocycles. The van der Waals surface area contributed by atoms with Crippen molar-refractivity contribution in [2.45, 2.75) is 6.54 Å². The summed E-state index contributed by atoms with van der Waals surface area (Å²) >= 11 is 11.9. The summed E-state index contributed by atoms with van der Waals surface area (Å²) in [6, 6.07) is 17.9. The number of amides is 1. The Morgan fingerprint density at radius 3 is 2.40 bits per heavy atom. The van der Waals surface area contributed by atoms with Crippen LogP contribution >= 0.6 is 23.2 Å². The van der Waals surface area contributed by atoms with Gasteiger partial charge in [-0.25, -0.2) is 4.98 Å². The fourth-order valence-corrected chi connectivity index (χ4v) is 2.53. The number of rotatable bonds is 5. The van der Waals surface area contributed by atoms with E-state index in [9.17, 15) is 4.79 Å². The van der Waals surface area contributed by atoms with Crippen LogP contribution in [0.25, 0.3) is 0 Å². The van der Waals surface area contributed by atoms with Crippen molar-refractivity contribution in [1.29, 1.82) is 0 Å². The van der Waals surface area contributed by atoms with Crippen LogP contribution in [0.1, 0.15) is 15.9 Å². The van der Waals surface area contributed by atoms with Gasteiger partial charge in [0.25, 0.3) is 5.91 Å². The van der Waals surface area contributed by atoms with E-state index in [4.69, 9.17) is 23.2 Å². The molecule has 3 aromatic rings. The van der Waals surface area contributed by atoms with Gasteiger partial charge in [-0.05, 0) is 48.0 Å². The molecular formula is C19H15Cl2N3O. The molecule has 0 fully saturated rings. The largest absolute Gasteiger partial charge is 0.366 e. The van der Waals surface area contributed by atoms with Crippen LogP contribution in [0, 0.1) is 0 Å². The van der Waals surface area contributed by atoms with Crippen LogP contribution in [0.3, 0.4) is 0 Å². The highest BCUT2D eigenvalue weighted by atomic mass is 35.5. The summed E-state index contributed by atoms with van der Waals surface area (Å²) in [4.78, 5) is 16.4. The molecule has 3 rings (SSSR count). The Morgan fingerprint density at radius 2 is 1.72 bits per heavy atom. The maximum Gasteiger partial charge on any atom is 0.255 e. The van der Waals surface area contributed by atoms with Crippen LogP contribution in [0.5, 0.6) is 0 Å². The van der Waals surface area contributed by atoms with Gasteiger partial charge in [0.1, 0.15) is 5.82 Å². The normalized spacial score (nSPS) is 10.3. The molecule has 0 bridgehead atoms. The number of nitrogens with zero attached hydrogens (tertiary/aromatic N) is 1. The fourth-order valence-electron chi connectivity index (χ4n) is 2.20. The van der Waals surface area contributed by atoms with Crippen molar-refractivity contribution in [2.75, 3.05) is 10.6 Å². The Morgan fingerprint density at radius 1 is 0.960 bits per heavy atom. The SMILES string of the molecule is O=C(Nc1ccc(NCc2ccccc2Cl)nc1)c1ccc(Cl)cc1. The van der Waals surface area contributed by atoms with E-state index in [1.807, 2.05) is 24.3 Å². The van der Waals surface area contributed by atoms with E-state index >= 15 is 0 Å². The van der Waals surface area contributed by atoms with Crippen molar-refractivity contribution in [2.24, 2.45) is 0 Å². The van der Waals surface area contributed by atoms with Crippen LogP contribution in [0.4, 0.5) is 11.5 Å². The van der Waals surface area contributed by atoms with E-state index in [0.717, 1.165) is 5.56 Å². The van der Waals surface area contributed by atoms with E-state index < -0.39 is 0 Å². The van der Waals surface area contributed by atoms with Crippen molar-refractivity contribution >= 4 is 40.6 Å². The third-order valence-corrected chi connectivity index (χ3v) is 4.17. The summed E-state index contributed by atoms with van der Waals surface area (Å²) in [5, 5.41) is 7.29. The third-order valence-electron chi connectivity index (χ3n) is 3.55. The molecule has 1 aromatic heterocycles. The second-order valence-corrected chi connectivity index (χ2v) is 6.18. The van der Waals surface area contributed by atoms with Crippen molar-refractivity contribution in [3.8, 4) is 0 Å². The number of hydrogen-bond donors (Lipinski definition) is 2. The van der Waals surface area contributed by atoms with Crippen LogP contribution in [0.2, 0.25) is 10.0 Å². The molecule has 0 radical (unpaired) electrons. The fraction of sp³-hybridized carbons (Fsp3) is 0.0526. The van der Waals surface area contributed by atoms with Gasteiger partial charge in [-0.15, -0.1) is 0 Å². The van der Waals surface area contributed by atoms with Crippen molar-refractivity contribution < 1.29 is 4.79 Å². The van der Waals surface area contributed by atoms with Gasteiger partial charge in [0.05, 0.1) is 11.9 Å². The molecule has 0 aliphatic rings. The number of carbonyl (C=O) groups is 1. The van der Waals surface area contributed by atoms with E-state index in [2.05, 4.69) is 15.6 Å². The monoisotopic (exact) mass is 371 g/mol. The zero-order chi connectivity index (χ0) is 17.6. The lowest BCUT2D eigenvalue weighted by Crippen LogP contribution is -2.12. The molecule has 0 spiro atoms. The van der Waals surface area contributed by atoms with Crippen LogP contribution in [-0.4, -0.2) is 10.9 Å². The number of aromatic nitrogens is 1. The van der Waals surface area contributed by atoms with E-state index in [-0.39, 0.29) is 5.91 Å². The highest BCUT2D eigenvalue weighted by Crippen LogP contribution is 2.17. The molecular weight excluding hydrogens is 357 g/mol. The van der Waals surface area contributed by atoms with Crippen LogP contribution in [-0.2, 0) is 6.54 Å². The third kappa shape index (κ3) is 4.72. The topological polar surface area (TPSA) is 54.0 Å². The Bertz CT molecular complexity index is 865. The summed E-state index contributed by atoms with van der Waals surface area (Å²) in [5.74, 6) is 0.486.